The average Bonchev–Trinajstić information content (AvgIpc) is 3.13. The molecular weight excluding hydrogens is 711 g/mol. The van der Waals surface area contributed by atoms with Gasteiger partial charge in [-0.05, 0) is 12.8 Å². The molecule has 1 amide bonds. The summed E-state index contributed by atoms with van der Waals surface area (Å²) in [5.74, 6) is -0.254. The van der Waals surface area contributed by atoms with Crippen LogP contribution < -0.4 is 5.32 Å². The van der Waals surface area contributed by atoms with Crippen molar-refractivity contribution in [3.63, 3.8) is 0 Å². The second-order valence-corrected chi connectivity index (χ2v) is 19.1. The van der Waals surface area contributed by atoms with Crippen molar-refractivity contribution in [2.24, 2.45) is 0 Å². The number of phosphoric ester groups is 1. The summed E-state index contributed by atoms with van der Waals surface area (Å²) in [4.78, 5) is 23.2. The Bertz CT molecular complexity index is 888. The Morgan fingerprint density at radius 1 is 0.564 bits per heavy atom. The molecule has 0 aromatic heterocycles. The minimum Gasteiger partial charge on any atom is -0.390 e. The molecule has 0 rings (SSSR count). The summed E-state index contributed by atoms with van der Waals surface area (Å²) < 4.78 is 23.5. The molecule has 0 spiro atoms. The van der Waals surface area contributed by atoms with Crippen LogP contribution in [-0.4, -0.2) is 84.6 Å². The molecule has 0 saturated heterocycles. The Balaban J connectivity index is 4.38. The molecule has 4 N–H and O–H groups in total. The molecule has 0 aliphatic heterocycles. The number of aliphatic hydroxyl groups excluding tert-OH is 2. The molecule has 0 aromatic carbocycles. The van der Waals surface area contributed by atoms with Gasteiger partial charge in [-0.15, -0.1) is 0 Å². The van der Waals surface area contributed by atoms with E-state index in [0.717, 1.165) is 38.5 Å². The Morgan fingerprint density at radius 2 is 0.909 bits per heavy atom. The van der Waals surface area contributed by atoms with Crippen LogP contribution in [0.1, 0.15) is 226 Å². The van der Waals surface area contributed by atoms with Crippen LogP contribution in [0.25, 0.3) is 0 Å². The van der Waals surface area contributed by atoms with Crippen LogP contribution in [0.15, 0.2) is 0 Å². The molecule has 0 fully saturated rings. The van der Waals surface area contributed by atoms with E-state index in [0.29, 0.717) is 23.9 Å². The Kier molecular flexibility index (Phi) is 37.3. The predicted octanol–water partition coefficient (Wildman–Crippen LogP) is 11.9. The van der Waals surface area contributed by atoms with Crippen molar-refractivity contribution in [1.82, 2.24) is 5.32 Å². The second kappa shape index (κ2) is 37.7. The molecule has 0 saturated carbocycles. The molecule has 0 aliphatic rings. The van der Waals surface area contributed by atoms with E-state index >= 15 is 0 Å². The van der Waals surface area contributed by atoms with Crippen LogP contribution in [0.3, 0.4) is 0 Å². The van der Waals surface area contributed by atoms with Crippen molar-refractivity contribution in [1.29, 1.82) is 0 Å². The lowest BCUT2D eigenvalue weighted by Crippen LogP contribution is -2.51. The lowest BCUT2D eigenvalue weighted by Gasteiger charge is -2.28. The molecule has 0 radical (unpaired) electrons. The first kappa shape index (κ1) is 54.5. The number of hydrogen-bond donors (Lipinski definition) is 4. The van der Waals surface area contributed by atoms with Crippen molar-refractivity contribution >= 4 is 13.7 Å². The van der Waals surface area contributed by atoms with Crippen molar-refractivity contribution < 1.29 is 38.0 Å². The molecule has 0 aromatic rings. The summed E-state index contributed by atoms with van der Waals surface area (Å²) in [6.07, 6.45) is 37.3. The number of carbonyl (C=O) groups excluding carboxylic acids is 1. The van der Waals surface area contributed by atoms with Crippen LogP contribution in [-0.2, 0) is 18.4 Å². The van der Waals surface area contributed by atoms with Crippen LogP contribution in [0, 0.1) is 0 Å². The lowest BCUT2D eigenvalue weighted by atomic mass is 9.99. The zero-order valence-electron chi connectivity index (χ0n) is 37.1. The molecule has 9 nitrogen and oxygen atoms in total. The van der Waals surface area contributed by atoms with Gasteiger partial charge < -0.3 is 24.9 Å². The maximum absolute atomic E-state index is 12.9. The number of nitrogens with zero attached hydrogens (tertiary/aromatic N) is 1. The Labute approximate surface area is 341 Å². The minimum atomic E-state index is -4.41. The van der Waals surface area contributed by atoms with Gasteiger partial charge in [0.25, 0.3) is 0 Å². The maximum atomic E-state index is 12.9. The van der Waals surface area contributed by atoms with Gasteiger partial charge in [0.1, 0.15) is 19.3 Å². The van der Waals surface area contributed by atoms with Gasteiger partial charge in [0.15, 0.2) is 0 Å². The first-order valence-corrected chi connectivity index (χ1v) is 25.0. The number of rotatable bonds is 43. The molecule has 0 bridgehead atoms. The SMILES string of the molecule is CCCCCCCCCCCCCCCCCCCCCC(=O)NC(COP(=O)(O)OCC[N+](C)(C)C)C(O)C(O)CCCCCCCCCCCCCC. The molecular formula is C45H94N2O7P+. The van der Waals surface area contributed by atoms with Gasteiger partial charge in [0, 0.05) is 6.42 Å². The Hall–Kier alpha value is -0.540. The summed E-state index contributed by atoms with van der Waals surface area (Å²) in [5, 5.41) is 24.7. The average molecular weight is 806 g/mol. The number of phosphoric acid groups is 1. The van der Waals surface area contributed by atoms with E-state index in [9.17, 15) is 24.5 Å². The highest BCUT2D eigenvalue weighted by Crippen LogP contribution is 2.43. The number of nitrogens with one attached hydrogen (secondary N) is 1. The minimum absolute atomic E-state index is 0.0256. The van der Waals surface area contributed by atoms with Gasteiger partial charge in [0.05, 0.1) is 39.9 Å². The van der Waals surface area contributed by atoms with Gasteiger partial charge >= 0.3 is 7.82 Å². The van der Waals surface area contributed by atoms with Gasteiger partial charge in [0.2, 0.25) is 5.91 Å². The zero-order valence-corrected chi connectivity index (χ0v) is 38.0. The largest absolute Gasteiger partial charge is 0.472 e. The molecule has 0 heterocycles. The van der Waals surface area contributed by atoms with Crippen LogP contribution in [0.2, 0.25) is 0 Å². The smallest absolute Gasteiger partial charge is 0.390 e. The summed E-state index contributed by atoms with van der Waals surface area (Å²) in [6, 6.07) is -1.03. The number of amides is 1. The zero-order chi connectivity index (χ0) is 40.9. The highest BCUT2D eigenvalue weighted by molar-refractivity contribution is 7.47. The van der Waals surface area contributed by atoms with E-state index in [1.807, 2.05) is 21.1 Å². The molecule has 55 heavy (non-hydrogen) atoms. The molecule has 10 heteroatoms. The fraction of sp³-hybridized carbons (Fsp3) is 0.978. The molecule has 330 valence electrons. The van der Waals surface area contributed by atoms with Crippen molar-refractivity contribution in [3.8, 4) is 0 Å². The third-order valence-corrected chi connectivity index (χ3v) is 11.9. The lowest BCUT2D eigenvalue weighted by molar-refractivity contribution is -0.870. The summed E-state index contributed by atoms with van der Waals surface area (Å²) in [6.45, 7) is 4.62. The highest BCUT2D eigenvalue weighted by atomic mass is 31.2. The quantitative estimate of drug-likeness (QED) is 0.0275. The van der Waals surface area contributed by atoms with E-state index in [-0.39, 0.29) is 12.5 Å². The number of likely N-dealkylation sites (N-methyl/N-ethyl adjacent to an activating group) is 1. The van der Waals surface area contributed by atoms with E-state index in [2.05, 4.69) is 19.2 Å². The van der Waals surface area contributed by atoms with Crippen molar-refractivity contribution in [3.05, 3.63) is 0 Å². The fourth-order valence-corrected chi connectivity index (χ4v) is 7.88. The molecule has 0 aliphatic carbocycles. The summed E-state index contributed by atoms with van der Waals surface area (Å²) in [5.41, 5.74) is 0. The highest BCUT2D eigenvalue weighted by Gasteiger charge is 2.31. The third kappa shape index (κ3) is 38.7. The van der Waals surface area contributed by atoms with Gasteiger partial charge in [-0.1, -0.05) is 206 Å². The number of unbranched alkanes of at least 4 members (excludes halogenated alkanes) is 29. The fourth-order valence-electron chi connectivity index (χ4n) is 7.14. The number of carbonyl (C=O) groups is 1. The monoisotopic (exact) mass is 806 g/mol. The second-order valence-electron chi connectivity index (χ2n) is 17.6. The van der Waals surface area contributed by atoms with E-state index in [1.165, 1.54) is 161 Å². The van der Waals surface area contributed by atoms with Crippen molar-refractivity contribution in [2.45, 2.75) is 244 Å². The van der Waals surface area contributed by atoms with Crippen LogP contribution in [0.4, 0.5) is 0 Å². The first-order valence-electron chi connectivity index (χ1n) is 23.5. The van der Waals surface area contributed by atoms with Crippen LogP contribution in [0.5, 0.6) is 0 Å². The number of aliphatic hydroxyl groups is 2. The van der Waals surface area contributed by atoms with Gasteiger partial charge in [-0.3, -0.25) is 13.8 Å². The van der Waals surface area contributed by atoms with Gasteiger partial charge in [-0.2, -0.15) is 0 Å². The maximum Gasteiger partial charge on any atom is 0.472 e. The third-order valence-electron chi connectivity index (χ3n) is 10.9. The van der Waals surface area contributed by atoms with E-state index in [1.54, 1.807) is 0 Å². The van der Waals surface area contributed by atoms with Crippen LogP contribution >= 0.6 is 7.82 Å². The van der Waals surface area contributed by atoms with Crippen molar-refractivity contribution in [2.75, 3.05) is 40.9 Å². The topological polar surface area (TPSA) is 125 Å². The molecule has 4 unspecified atom stereocenters. The summed E-state index contributed by atoms with van der Waals surface area (Å²) >= 11 is 0. The predicted molar refractivity (Wildman–Crippen MR) is 232 cm³/mol. The number of hydrogen-bond acceptors (Lipinski definition) is 6. The first-order chi connectivity index (χ1) is 26.4. The number of quaternary nitrogens is 1. The van der Waals surface area contributed by atoms with E-state index in [4.69, 9.17) is 9.05 Å². The molecule has 4 atom stereocenters. The normalized spacial score (nSPS) is 14.8. The standard InChI is InChI=1S/C45H93N2O7P/c1-6-8-10-12-14-16-18-20-21-22-23-24-25-26-28-30-32-34-36-38-44(49)46-42(41-54-55(51,52)53-40-39-47(3,4)5)45(50)43(48)37-35-33-31-29-27-19-17-15-13-11-9-7-2/h42-43,45,48,50H,6-41H2,1-5H3,(H-,46,49,51,52)/p+1. The summed E-state index contributed by atoms with van der Waals surface area (Å²) in [7, 11) is 1.45. The van der Waals surface area contributed by atoms with Gasteiger partial charge in [-0.25, -0.2) is 4.57 Å². The Morgan fingerprint density at radius 3 is 1.27 bits per heavy atom. The van der Waals surface area contributed by atoms with E-state index < -0.39 is 32.7 Å².